The molecule has 0 spiro atoms. The van der Waals surface area contributed by atoms with E-state index < -0.39 is 46.8 Å². The standard InChI is InChI=1S/C50H40ClN5O7S3/c1-61-55-40(37-30-66-49(52-37)54-50(34-21-11-4-12-22-34,35-23-13-5-14-24-35)36-25-15-6-16-26-36)44(57)53-41-45(58)56-42(33(29-65-46(41)56)28-64-38-27-62-47(59)39(38)51)48(60)63-43(31-17-7-2-8-18-31)32-19-9-3-10-20-32/h2-26,30,41,43,46H,27-29H2,1H3,(H,52,54)(H,53,57)/t41-,46+/m1/s1. The summed E-state index contributed by atoms with van der Waals surface area (Å²) in [5, 5.41) is 12.2. The molecule has 12 nitrogen and oxygen atoms in total. The number of amides is 2. The van der Waals surface area contributed by atoms with Gasteiger partial charge in [-0.1, -0.05) is 168 Å². The van der Waals surface area contributed by atoms with Gasteiger partial charge in [-0.3, -0.25) is 14.5 Å². The van der Waals surface area contributed by atoms with Gasteiger partial charge in [-0.15, -0.1) is 34.9 Å². The second kappa shape index (κ2) is 19.8. The number of β-lactam (4-membered cyclic amide) rings is 1. The Hall–Kier alpha value is -6.65. The number of oxime groups is 1. The van der Waals surface area contributed by atoms with E-state index >= 15 is 0 Å². The lowest BCUT2D eigenvalue weighted by Crippen LogP contribution is -2.71. The predicted octanol–water partition coefficient (Wildman–Crippen LogP) is 8.62. The number of fused-ring (bicyclic) bond motifs is 1. The molecule has 2 amide bonds. The smallest absolute Gasteiger partial charge is 0.356 e. The van der Waals surface area contributed by atoms with Crippen LogP contribution in [0.15, 0.2) is 183 Å². The number of esters is 2. The number of halogens is 1. The first-order valence-corrected chi connectivity index (χ1v) is 24.0. The number of hydrogen-bond acceptors (Lipinski definition) is 13. The number of rotatable bonds is 16. The van der Waals surface area contributed by atoms with Crippen molar-refractivity contribution in [2.75, 3.05) is 30.5 Å². The molecular formula is C50H40ClN5O7S3. The van der Waals surface area contributed by atoms with E-state index in [-0.39, 0.29) is 34.5 Å². The third-order valence-corrected chi connectivity index (χ3v) is 15.0. The van der Waals surface area contributed by atoms with Crippen molar-refractivity contribution in [2.45, 2.75) is 23.1 Å². The molecular weight excluding hydrogens is 914 g/mol. The Morgan fingerprint density at radius 3 is 1.92 bits per heavy atom. The summed E-state index contributed by atoms with van der Waals surface area (Å²) in [7, 11) is 1.33. The summed E-state index contributed by atoms with van der Waals surface area (Å²) in [6.45, 7) is 0.0157. The van der Waals surface area contributed by atoms with Crippen LogP contribution in [0.2, 0.25) is 0 Å². The van der Waals surface area contributed by atoms with Gasteiger partial charge in [0.25, 0.3) is 11.8 Å². The molecule has 0 unspecified atom stereocenters. The number of hydrogen-bond donors (Lipinski definition) is 2. The van der Waals surface area contributed by atoms with Gasteiger partial charge in [0.05, 0.1) is 0 Å². The average molecular weight is 955 g/mol. The van der Waals surface area contributed by atoms with E-state index in [2.05, 4.69) is 52.2 Å². The Morgan fingerprint density at radius 1 is 0.864 bits per heavy atom. The molecule has 1 saturated heterocycles. The normalized spacial score (nSPS) is 17.3. The van der Waals surface area contributed by atoms with Crippen LogP contribution in [0.3, 0.4) is 0 Å². The van der Waals surface area contributed by atoms with Gasteiger partial charge in [-0.25, -0.2) is 14.6 Å². The van der Waals surface area contributed by atoms with E-state index in [1.807, 2.05) is 115 Å². The van der Waals surface area contributed by atoms with Crippen LogP contribution in [0.25, 0.3) is 0 Å². The highest BCUT2D eigenvalue weighted by atomic mass is 35.5. The summed E-state index contributed by atoms with van der Waals surface area (Å²) in [6, 6.07) is 47.8. The predicted molar refractivity (Wildman–Crippen MR) is 258 cm³/mol. The maximum atomic E-state index is 14.5. The van der Waals surface area contributed by atoms with E-state index in [0.717, 1.165) is 27.8 Å². The number of thioether (sulfide) groups is 2. The van der Waals surface area contributed by atoms with Crippen molar-refractivity contribution in [3.05, 3.63) is 212 Å². The van der Waals surface area contributed by atoms with Crippen molar-refractivity contribution in [1.82, 2.24) is 15.2 Å². The van der Waals surface area contributed by atoms with Crippen molar-refractivity contribution < 1.29 is 33.5 Å². The van der Waals surface area contributed by atoms with Crippen LogP contribution in [0.4, 0.5) is 5.13 Å². The zero-order chi connectivity index (χ0) is 45.6. The lowest BCUT2D eigenvalue weighted by Gasteiger charge is -2.49. The highest BCUT2D eigenvalue weighted by molar-refractivity contribution is 8.03. The molecule has 4 heterocycles. The van der Waals surface area contributed by atoms with E-state index in [4.69, 9.17) is 30.9 Å². The fraction of sp³-hybridized carbons (Fsp3) is 0.160. The minimum atomic E-state index is -1.03. The fourth-order valence-corrected chi connectivity index (χ4v) is 11.5. The molecule has 9 rings (SSSR count). The number of thiazole rings is 1. The topological polar surface area (TPSA) is 149 Å². The summed E-state index contributed by atoms with van der Waals surface area (Å²) in [6.07, 6.45) is -0.789. The first-order valence-electron chi connectivity index (χ1n) is 20.8. The first kappa shape index (κ1) is 44.5. The van der Waals surface area contributed by atoms with Crippen LogP contribution in [0, 0.1) is 0 Å². The van der Waals surface area contributed by atoms with Gasteiger partial charge in [0.1, 0.15) is 47.1 Å². The van der Waals surface area contributed by atoms with Gasteiger partial charge in [-0.05, 0) is 33.4 Å². The number of carbonyl (C=O) groups excluding carboxylic acids is 4. The zero-order valence-corrected chi connectivity index (χ0v) is 38.4. The molecule has 2 N–H and O–H groups in total. The highest BCUT2D eigenvalue weighted by Gasteiger charge is 2.55. The summed E-state index contributed by atoms with van der Waals surface area (Å²) in [5.41, 5.74) is 4.27. The van der Waals surface area contributed by atoms with E-state index in [9.17, 15) is 19.2 Å². The van der Waals surface area contributed by atoms with Gasteiger partial charge in [0.2, 0.25) is 0 Å². The molecule has 0 bridgehead atoms. The third kappa shape index (κ3) is 8.86. The van der Waals surface area contributed by atoms with Crippen molar-refractivity contribution in [1.29, 1.82) is 0 Å². The fourth-order valence-electron chi connectivity index (χ4n) is 8.07. The van der Waals surface area contributed by atoms with Gasteiger partial charge >= 0.3 is 11.9 Å². The maximum Gasteiger partial charge on any atom is 0.356 e. The molecule has 0 radical (unpaired) electrons. The molecule has 6 aromatic rings. The number of nitrogens with one attached hydrogen (secondary N) is 2. The summed E-state index contributed by atoms with van der Waals surface area (Å²) in [5.74, 6) is -2.00. The van der Waals surface area contributed by atoms with Crippen LogP contribution < -0.4 is 10.6 Å². The minimum absolute atomic E-state index is 0.0125. The Morgan fingerprint density at radius 2 is 1.41 bits per heavy atom. The van der Waals surface area contributed by atoms with Crippen LogP contribution in [0.5, 0.6) is 0 Å². The lowest BCUT2D eigenvalue weighted by molar-refractivity contribution is -0.154. The molecule has 1 fully saturated rings. The Kier molecular flexibility index (Phi) is 13.4. The molecule has 2 atom stereocenters. The number of carbonyl (C=O) groups is 4. The Balaban J connectivity index is 0.984. The molecule has 3 aliphatic rings. The monoisotopic (exact) mass is 953 g/mol. The van der Waals surface area contributed by atoms with E-state index in [1.54, 1.807) is 5.38 Å². The van der Waals surface area contributed by atoms with Gasteiger partial charge in [0.15, 0.2) is 16.9 Å². The average Bonchev–Trinajstić information content (AvgIpc) is 3.97. The van der Waals surface area contributed by atoms with Crippen LogP contribution in [-0.4, -0.2) is 76.0 Å². The maximum absolute atomic E-state index is 14.5. The van der Waals surface area contributed by atoms with Gasteiger partial charge in [0, 0.05) is 21.8 Å². The third-order valence-electron chi connectivity index (χ3n) is 11.2. The molecule has 0 saturated carbocycles. The Labute approximate surface area is 398 Å². The Bertz CT molecular complexity index is 2710. The number of ether oxygens (including phenoxy) is 2. The van der Waals surface area contributed by atoms with Crippen molar-refractivity contribution in [3.8, 4) is 0 Å². The quantitative estimate of drug-likeness (QED) is 0.0316. The van der Waals surface area contributed by atoms with Crippen molar-refractivity contribution in [2.24, 2.45) is 5.16 Å². The van der Waals surface area contributed by atoms with E-state index in [0.29, 0.717) is 21.4 Å². The van der Waals surface area contributed by atoms with Crippen LogP contribution in [-0.2, 0) is 39.0 Å². The molecule has 66 heavy (non-hydrogen) atoms. The highest BCUT2D eigenvalue weighted by Crippen LogP contribution is 2.44. The summed E-state index contributed by atoms with van der Waals surface area (Å²) < 4.78 is 11.4. The molecule has 332 valence electrons. The number of anilines is 1. The van der Waals surface area contributed by atoms with Gasteiger partial charge < -0.3 is 24.9 Å². The molecule has 0 aliphatic carbocycles. The number of nitrogens with zero attached hydrogens (tertiary/aromatic N) is 3. The summed E-state index contributed by atoms with van der Waals surface area (Å²) in [4.78, 5) is 67.1. The molecule has 16 heteroatoms. The second-order valence-corrected chi connectivity index (χ2v) is 18.6. The van der Waals surface area contributed by atoms with Crippen molar-refractivity contribution in [3.63, 3.8) is 0 Å². The zero-order valence-electron chi connectivity index (χ0n) is 35.2. The van der Waals surface area contributed by atoms with Crippen LogP contribution >= 0.6 is 46.5 Å². The number of aromatic nitrogens is 1. The van der Waals surface area contributed by atoms with Crippen molar-refractivity contribution >= 4 is 81.1 Å². The minimum Gasteiger partial charge on any atom is -0.456 e. The largest absolute Gasteiger partial charge is 0.456 e. The van der Waals surface area contributed by atoms with Crippen LogP contribution in [0.1, 0.15) is 39.6 Å². The first-order chi connectivity index (χ1) is 32.3. The van der Waals surface area contributed by atoms with E-state index in [1.165, 1.54) is 46.9 Å². The molecule has 1 aromatic heterocycles. The molecule has 5 aromatic carbocycles. The number of cyclic esters (lactones) is 1. The summed E-state index contributed by atoms with van der Waals surface area (Å²) >= 11 is 10.2. The molecule has 3 aliphatic heterocycles. The SMILES string of the molecule is CON=C(C(=O)N[C@@H]1C(=O)N2C(C(=O)OC(c3ccccc3)c3ccccc3)=C(CSC3=C(Cl)C(=O)OC3)CS[C@@H]12)c1csc(NC(c2ccccc2)(c2ccccc2)c2ccccc2)n1. The van der Waals surface area contributed by atoms with Gasteiger partial charge in [-0.2, -0.15) is 0 Å². The lowest BCUT2D eigenvalue weighted by atomic mass is 9.77. The second-order valence-electron chi connectivity index (χ2n) is 15.2. The number of benzene rings is 5.